The van der Waals surface area contributed by atoms with Crippen LogP contribution in [0, 0.1) is 11.7 Å². The number of sulfonamides is 1. The maximum atomic E-state index is 13.8. The zero-order chi connectivity index (χ0) is 15.8. The van der Waals surface area contributed by atoms with Gasteiger partial charge in [-0.25, -0.2) is 17.9 Å². The van der Waals surface area contributed by atoms with E-state index in [1.54, 1.807) is 0 Å². The molecule has 0 heterocycles. The average Bonchev–Trinajstić information content (AvgIpc) is 2.23. The van der Waals surface area contributed by atoms with Crippen LogP contribution in [0.15, 0.2) is 17.0 Å². The predicted molar refractivity (Wildman–Crippen MR) is 77.1 cm³/mol. The van der Waals surface area contributed by atoms with Crippen molar-refractivity contribution in [1.29, 1.82) is 0 Å². The van der Waals surface area contributed by atoms with Gasteiger partial charge in [0.05, 0.1) is 10.6 Å². The summed E-state index contributed by atoms with van der Waals surface area (Å²) in [5.41, 5.74) is -0.380. The first-order valence-corrected chi connectivity index (χ1v) is 8.45. The molecule has 0 spiro atoms. The van der Waals surface area contributed by atoms with Gasteiger partial charge in [0.2, 0.25) is 10.0 Å². The molecule has 8 heteroatoms. The lowest BCUT2D eigenvalue weighted by atomic mass is 9.80. The number of nitrogens with one attached hydrogen (secondary N) is 1. The molecule has 1 unspecified atom stereocenters. The van der Waals surface area contributed by atoms with Crippen LogP contribution in [0.3, 0.4) is 0 Å². The van der Waals surface area contributed by atoms with E-state index in [0.29, 0.717) is 5.92 Å². The van der Waals surface area contributed by atoms with E-state index in [1.165, 1.54) is 0 Å². The number of hydrogen-bond donors (Lipinski definition) is 2. The van der Waals surface area contributed by atoms with Crippen molar-refractivity contribution in [2.75, 3.05) is 0 Å². The monoisotopic (exact) mass is 334 g/mol. The van der Waals surface area contributed by atoms with E-state index in [2.05, 4.69) is 5.32 Å². The van der Waals surface area contributed by atoms with E-state index in [9.17, 15) is 17.6 Å². The van der Waals surface area contributed by atoms with Crippen LogP contribution in [0.2, 0.25) is 5.02 Å². The highest BCUT2D eigenvalue weighted by Crippen LogP contribution is 2.30. The Morgan fingerprint density at radius 2 is 2.10 bits per heavy atom. The second-order valence-electron chi connectivity index (χ2n) is 5.26. The van der Waals surface area contributed by atoms with Crippen molar-refractivity contribution in [3.8, 4) is 0 Å². The topological polar surface area (TPSA) is 89.3 Å². The fourth-order valence-electron chi connectivity index (χ4n) is 2.26. The minimum atomic E-state index is -4.12. The molecule has 1 amide bonds. The van der Waals surface area contributed by atoms with E-state index in [0.717, 1.165) is 31.4 Å². The molecule has 1 aromatic rings. The minimum Gasteiger partial charge on any atom is -0.349 e. The third kappa shape index (κ3) is 3.53. The van der Waals surface area contributed by atoms with Gasteiger partial charge >= 0.3 is 0 Å². The van der Waals surface area contributed by atoms with Crippen LogP contribution >= 0.6 is 11.6 Å². The van der Waals surface area contributed by atoms with Crippen LogP contribution in [0.1, 0.15) is 36.5 Å². The molecule has 1 aromatic carbocycles. The Balaban J connectivity index is 2.28. The van der Waals surface area contributed by atoms with E-state index < -0.39 is 26.6 Å². The SMILES string of the molecule is CC(NC(=O)c1cc(S(N)(=O)=O)c(Cl)cc1F)C1CCC1. The van der Waals surface area contributed by atoms with Crippen molar-refractivity contribution in [3.05, 3.63) is 28.5 Å². The number of benzene rings is 1. The van der Waals surface area contributed by atoms with Gasteiger partial charge in [-0.15, -0.1) is 0 Å². The zero-order valence-corrected chi connectivity index (χ0v) is 13.0. The molecule has 0 bridgehead atoms. The fourth-order valence-corrected chi connectivity index (χ4v) is 3.35. The molecule has 1 aliphatic rings. The van der Waals surface area contributed by atoms with Crippen molar-refractivity contribution in [3.63, 3.8) is 0 Å². The first kappa shape index (κ1) is 16.2. The molecule has 0 aromatic heterocycles. The maximum Gasteiger partial charge on any atom is 0.254 e. The molecular weight excluding hydrogens is 319 g/mol. The summed E-state index contributed by atoms with van der Waals surface area (Å²) in [5.74, 6) is -1.18. The van der Waals surface area contributed by atoms with Crippen LogP contribution in [0.25, 0.3) is 0 Å². The first-order valence-electron chi connectivity index (χ1n) is 6.53. The molecule has 116 valence electrons. The summed E-state index contributed by atoms with van der Waals surface area (Å²) in [4.78, 5) is 11.6. The van der Waals surface area contributed by atoms with Gasteiger partial charge in [0.25, 0.3) is 5.91 Å². The van der Waals surface area contributed by atoms with Gasteiger partial charge in [0.15, 0.2) is 0 Å². The van der Waals surface area contributed by atoms with Crippen LogP contribution in [-0.4, -0.2) is 20.4 Å². The molecule has 3 N–H and O–H groups in total. The fraction of sp³-hybridized carbons (Fsp3) is 0.462. The van der Waals surface area contributed by atoms with Gasteiger partial charge in [-0.1, -0.05) is 18.0 Å². The smallest absolute Gasteiger partial charge is 0.254 e. The lowest BCUT2D eigenvalue weighted by molar-refractivity contribution is 0.0905. The Labute approximate surface area is 127 Å². The van der Waals surface area contributed by atoms with Crippen molar-refractivity contribution >= 4 is 27.5 Å². The summed E-state index contributed by atoms with van der Waals surface area (Å²) in [7, 11) is -4.12. The van der Waals surface area contributed by atoms with Crippen LogP contribution in [-0.2, 0) is 10.0 Å². The molecule has 2 rings (SSSR count). The molecule has 1 aliphatic carbocycles. The zero-order valence-electron chi connectivity index (χ0n) is 11.4. The van der Waals surface area contributed by atoms with E-state index in [1.807, 2.05) is 6.92 Å². The summed E-state index contributed by atoms with van der Waals surface area (Å²) >= 11 is 5.65. The van der Waals surface area contributed by atoms with E-state index in [-0.39, 0.29) is 16.6 Å². The summed E-state index contributed by atoms with van der Waals surface area (Å²) in [6.07, 6.45) is 3.16. The molecule has 1 saturated carbocycles. The second-order valence-corrected chi connectivity index (χ2v) is 7.20. The second kappa shape index (κ2) is 5.90. The molecule has 1 atom stereocenters. The number of carbonyl (C=O) groups is 1. The number of primary sulfonamides is 1. The molecule has 21 heavy (non-hydrogen) atoms. The molecular formula is C13H16ClFN2O3S. The van der Waals surface area contributed by atoms with Crippen LogP contribution < -0.4 is 10.5 Å². The van der Waals surface area contributed by atoms with Crippen molar-refractivity contribution in [1.82, 2.24) is 5.32 Å². The molecule has 5 nitrogen and oxygen atoms in total. The average molecular weight is 335 g/mol. The molecule has 1 fully saturated rings. The number of halogens is 2. The first-order chi connectivity index (χ1) is 9.70. The quantitative estimate of drug-likeness (QED) is 0.883. The lowest BCUT2D eigenvalue weighted by Gasteiger charge is -2.31. The van der Waals surface area contributed by atoms with Gasteiger partial charge in [0, 0.05) is 6.04 Å². The van der Waals surface area contributed by atoms with Gasteiger partial charge < -0.3 is 5.32 Å². The number of nitrogens with two attached hydrogens (primary N) is 1. The highest BCUT2D eigenvalue weighted by Gasteiger charge is 2.27. The summed E-state index contributed by atoms with van der Waals surface area (Å²) in [6.45, 7) is 1.84. The normalized spacial score (nSPS) is 17.1. The minimum absolute atomic E-state index is 0.0979. The number of rotatable bonds is 4. The summed E-state index contributed by atoms with van der Waals surface area (Å²) in [5, 5.41) is 7.32. The highest BCUT2D eigenvalue weighted by atomic mass is 35.5. The van der Waals surface area contributed by atoms with Gasteiger partial charge in [-0.05, 0) is 37.8 Å². The van der Waals surface area contributed by atoms with Crippen molar-refractivity contribution in [2.24, 2.45) is 11.1 Å². The van der Waals surface area contributed by atoms with Crippen LogP contribution in [0.4, 0.5) is 4.39 Å². The third-order valence-corrected chi connectivity index (χ3v) is 5.16. The Bertz CT molecular complexity index is 674. The lowest BCUT2D eigenvalue weighted by Crippen LogP contribution is -2.41. The summed E-state index contributed by atoms with van der Waals surface area (Å²) in [6, 6.07) is 1.55. The predicted octanol–water partition coefficient (Wildman–Crippen LogP) is 2.04. The van der Waals surface area contributed by atoms with Crippen molar-refractivity contribution in [2.45, 2.75) is 37.1 Å². The highest BCUT2D eigenvalue weighted by molar-refractivity contribution is 7.89. The molecule has 0 aliphatic heterocycles. The Kier molecular flexibility index (Phi) is 4.55. The summed E-state index contributed by atoms with van der Waals surface area (Å²) < 4.78 is 36.6. The molecule has 0 saturated heterocycles. The van der Waals surface area contributed by atoms with Crippen LogP contribution in [0.5, 0.6) is 0 Å². The Morgan fingerprint density at radius 3 is 2.57 bits per heavy atom. The van der Waals surface area contributed by atoms with Crippen molar-refractivity contribution < 1.29 is 17.6 Å². The molecule has 0 radical (unpaired) electrons. The third-order valence-electron chi connectivity index (χ3n) is 3.79. The van der Waals surface area contributed by atoms with E-state index in [4.69, 9.17) is 16.7 Å². The Morgan fingerprint density at radius 1 is 1.48 bits per heavy atom. The number of hydrogen-bond acceptors (Lipinski definition) is 3. The van der Waals surface area contributed by atoms with Gasteiger partial charge in [0.1, 0.15) is 10.7 Å². The maximum absolute atomic E-state index is 13.8. The van der Waals surface area contributed by atoms with Gasteiger partial charge in [-0.2, -0.15) is 0 Å². The standard InChI is InChI=1S/C13H16ClFN2O3S/c1-7(8-3-2-4-8)17-13(18)9-5-12(21(16,19)20)10(14)6-11(9)15/h5-8H,2-4H2,1H3,(H,17,18)(H2,16,19,20). The van der Waals surface area contributed by atoms with E-state index >= 15 is 0 Å². The Hall–Kier alpha value is -1.18. The van der Waals surface area contributed by atoms with Gasteiger partial charge in [-0.3, -0.25) is 4.79 Å². The number of carbonyl (C=O) groups excluding carboxylic acids is 1. The largest absolute Gasteiger partial charge is 0.349 e. The number of amides is 1.